The maximum absolute atomic E-state index is 9.45. The first-order valence-electron chi connectivity index (χ1n) is 6.05. The molecule has 4 nitrogen and oxygen atoms in total. The van der Waals surface area contributed by atoms with Gasteiger partial charge in [-0.15, -0.1) is 0 Å². The van der Waals surface area contributed by atoms with E-state index in [-0.39, 0.29) is 5.75 Å². The standard InChI is InChI=1S/C15H14N2O2/c1-19-12-5-6-13-14(9-12)17-15(16-13)8-10-3-2-4-11(18)7-10/h2-7,9,18H,8H2,1H3,(H,16,17). The number of imidazole rings is 1. The van der Waals surface area contributed by atoms with Gasteiger partial charge in [0.2, 0.25) is 0 Å². The van der Waals surface area contributed by atoms with Crippen molar-refractivity contribution in [2.24, 2.45) is 0 Å². The Labute approximate surface area is 110 Å². The SMILES string of the molecule is COc1ccc2nc(Cc3cccc(O)c3)[nH]c2c1. The lowest BCUT2D eigenvalue weighted by atomic mass is 10.1. The van der Waals surface area contributed by atoms with E-state index in [1.54, 1.807) is 19.2 Å². The topological polar surface area (TPSA) is 58.1 Å². The number of ether oxygens (including phenoxy) is 1. The van der Waals surface area contributed by atoms with Crippen LogP contribution in [0.5, 0.6) is 11.5 Å². The molecule has 96 valence electrons. The average Bonchev–Trinajstić information content (AvgIpc) is 2.79. The number of aromatic nitrogens is 2. The number of fused-ring (bicyclic) bond motifs is 1. The maximum Gasteiger partial charge on any atom is 0.121 e. The van der Waals surface area contributed by atoms with Crippen molar-refractivity contribution in [1.82, 2.24) is 9.97 Å². The zero-order valence-corrected chi connectivity index (χ0v) is 10.6. The van der Waals surface area contributed by atoms with Crippen molar-refractivity contribution in [3.8, 4) is 11.5 Å². The predicted molar refractivity (Wildman–Crippen MR) is 73.6 cm³/mol. The lowest BCUT2D eigenvalue weighted by molar-refractivity contribution is 0.415. The molecule has 0 fully saturated rings. The van der Waals surface area contributed by atoms with Crippen LogP contribution in [-0.4, -0.2) is 22.2 Å². The van der Waals surface area contributed by atoms with Gasteiger partial charge in [-0.05, 0) is 29.8 Å². The Kier molecular flexibility index (Phi) is 2.83. The molecule has 0 saturated carbocycles. The molecule has 0 saturated heterocycles. The van der Waals surface area contributed by atoms with Gasteiger partial charge in [0.05, 0.1) is 18.1 Å². The van der Waals surface area contributed by atoms with E-state index in [4.69, 9.17) is 4.74 Å². The fourth-order valence-electron chi connectivity index (χ4n) is 2.11. The van der Waals surface area contributed by atoms with E-state index in [1.165, 1.54) is 0 Å². The number of phenols is 1. The second kappa shape index (κ2) is 4.65. The second-order valence-corrected chi connectivity index (χ2v) is 4.41. The average molecular weight is 254 g/mol. The van der Waals surface area contributed by atoms with E-state index in [9.17, 15) is 5.11 Å². The Bertz CT molecular complexity index is 719. The van der Waals surface area contributed by atoms with Crippen LogP contribution in [0.15, 0.2) is 42.5 Å². The number of hydrogen-bond acceptors (Lipinski definition) is 3. The number of aromatic amines is 1. The number of nitrogens with zero attached hydrogens (tertiary/aromatic N) is 1. The molecule has 2 N–H and O–H groups in total. The number of methoxy groups -OCH3 is 1. The van der Waals surface area contributed by atoms with Gasteiger partial charge >= 0.3 is 0 Å². The van der Waals surface area contributed by atoms with E-state index < -0.39 is 0 Å². The van der Waals surface area contributed by atoms with E-state index in [0.717, 1.165) is 28.2 Å². The normalized spacial score (nSPS) is 10.8. The molecule has 0 aliphatic rings. The molecule has 4 heteroatoms. The first kappa shape index (κ1) is 11.6. The van der Waals surface area contributed by atoms with Crippen molar-refractivity contribution in [2.75, 3.05) is 7.11 Å². The highest BCUT2D eigenvalue weighted by molar-refractivity contribution is 5.76. The summed E-state index contributed by atoms with van der Waals surface area (Å²) < 4.78 is 5.18. The summed E-state index contributed by atoms with van der Waals surface area (Å²) in [5, 5.41) is 9.45. The fraction of sp³-hybridized carbons (Fsp3) is 0.133. The molecule has 0 aliphatic heterocycles. The van der Waals surface area contributed by atoms with E-state index in [0.29, 0.717) is 6.42 Å². The van der Waals surface area contributed by atoms with Gasteiger partial charge in [-0.1, -0.05) is 12.1 Å². The third kappa shape index (κ3) is 2.38. The van der Waals surface area contributed by atoms with Crippen molar-refractivity contribution in [1.29, 1.82) is 0 Å². The van der Waals surface area contributed by atoms with Gasteiger partial charge in [0.1, 0.15) is 17.3 Å². The minimum atomic E-state index is 0.273. The zero-order chi connectivity index (χ0) is 13.2. The molecule has 19 heavy (non-hydrogen) atoms. The molecule has 3 rings (SSSR count). The summed E-state index contributed by atoms with van der Waals surface area (Å²) >= 11 is 0. The molecular formula is C15H14N2O2. The molecule has 0 atom stereocenters. The van der Waals surface area contributed by atoms with Crippen LogP contribution in [0, 0.1) is 0 Å². The van der Waals surface area contributed by atoms with Gasteiger partial charge in [-0.2, -0.15) is 0 Å². The first-order chi connectivity index (χ1) is 9.24. The summed E-state index contributed by atoms with van der Waals surface area (Å²) in [5.41, 5.74) is 2.89. The summed E-state index contributed by atoms with van der Waals surface area (Å²) in [6.45, 7) is 0. The quantitative estimate of drug-likeness (QED) is 0.755. The minimum Gasteiger partial charge on any atom is -0.508 e. The third-order valence-electron chi connectivity index (χ3n) is 3.02. The highest BCUT2D eigenvalue weighted by Gasteiger charge is 2.05. The van der Waals surface area contributed by atoms with Crippen LogP contribution in [-0.2, 0) is 6.42 Å². The van der Waals surface area contributed by atoms with Crippen LogP contribution >= 0.6 is 0 Å². The van der Waals surface area contributed by atoms with E-state index >= 15 is 0 Å². The lowest BCUT2D eigenvalue weighted by Crippen LogP contribution is -1.89. The molecule has 0 unspecified atom stereocenters. The van der Waals surface area contributed by atoms with E-state index in [2.05, 4.69) is 9.97 Å². The van der Waals surface area contributed by atoms with Gasteiger partial charge in [-0.25, -0.2) is 4.98 Å². The van der Waals surface area contributed by atoms with Crippen LogP contribution in [0.2, 0.25) is 0 Å². The number of phenolic OH excluding ortho intramolecular Hbond substituents is 1. The summed E-state index contributed by atoms with van der Waals surface area (Å²) in [4.78, 5) is 7.79. The Morgan fingerprint density at radius 3 is 2.89 bits per heavy atom. The number of hydrogen-bond donors (Lipinski definition) is 2. The molecule has 0 aliphatic carbocycles. The smallest absolute Gasteiger partial charge is 0.121 e. The minimum absolute atomic E-state index is 0.273. The highest BCUT2D eigenvalue weighted by atomic mass is 16.5. The molecule has 0 radical (unpaired) electrons. The van der Waals surface area contributed by atoms with Crippen molar-refractivity contribution >= 4 is 11.0 Å². The predicted octanol–water partition coefficient (Wildman–Crippen LogP) is 2.87. The number of aromatic hydroxyl groups is 1. The molecule has 0 spiro atoms. The molecule has 1 aromatic heterocycles. The van der Waals surface area contributed by atoms with Crippen LogP contribution < -0.4 is 4.74 Å². The lowest BCUT2D eigenvalue weighted by Gasteiger charge is -1.98. The number of H-pyrrole nitrogens is 1. The van der Waals surface area contributed by atoms with Crippen LogP contribution in [0.25, 0.3) is 11.0 Å². The van der Waals surface area contributed by atoms with Gasteiger partial charge < -0.3 is 14.8 Å². The van der Waals surface area contributed by atoms with Crippen molar-refractivity contribution in [3.05, 3.63) is 53.9 Å². The number of benzene rings is 2. The second-order valence-electron chi connectivity index (χ2n) is 4.41. The molecule has 3 aromatic rings. The Morgan fingerprint density at radius 1 is 1.21 bits per heavy atom. The maximum atomic E-state index is 9.45. The molecular weight excluding hydrogens is 240 g/mol. The van der Waals surface area contributed by atoms with Crippen LogP contribution in [0.4, 0.5) is 0 Å². The number of nitrogens with one attached hydrogen (secondary N) is 1. The monoisotopic (exact) mass is 254 g/mol. The summed E-state index contributed by atoms with van der Waals surface area (Å²) in [7, 11) is 1.64. The summed E-state index contributed by atoms with van der Waals surface area (Å²) in [6, 6.07) is 12.9. The fourth-order valence-corrected chi connectivity index (χ4v) is 2.11. The van der Waals surface area contributed by atoms with Crippen LogP contribution in [0.3, 0.4) is 0 Å². The molecule has 2 aromatic carbocycles. The molecule has 1 heterocycles. The third-order valence-corrected chi connectivity index (χ3v) is 3.02. The van der Waals surface area contributed by atoms with Gasteiger partial charge in [-0.3, -0.25) is 0 Å². The Balaban J connectivity index is 1.93. The summed E-state index contributed by atoms with van der Waals surface area (Å²) in [6.07, 6.45) is 0.658. The Morgan fingerprint density at radius 2 is 2.11 bits per heavy atom. The Hall–Kier alpha value is -2.49. The first-order valence-corrected chi connectivity index (χ1v) is 6.05. The largest absolute Gasteiger partial charge is 0.508 e. The number of rotatable bonds is 3. The van der Waals surface area contributed by atoms with Gasteiger partial charge in [0.25, 0.3) is 0 Å². The van der Waals surface area contributed by atoms with E-state index in [1.807, 2.05) is 30.3 Å². The molecule has 0 amide bonds. The highest BCUT2D eigenvalue weighted by Crippen LogP contribution is 2.20. The summed E-state index contributed by atoms with van der Waals surface area (Å²) in [5.74, 6) is 1.95. The van der Waals surface area contributed by atoms with Crippen molar-refractivity contribution < 1.29 is 9.84 Å². The van der Waals surface area contributed by atoms with Crippen LogP contribution in [0.1, 0.15) is 11.4 Å². The van der Waals surface area contributed by atoms with Gasteiger partial charge in [0.15, 0.2) is 0 Å². The van der Waals surface area contributed by atoms with Crippen molar-refractivity contribution in [3.63, 3.8) is 0 Å². The van der Waals surface area contributed by atoms with Gasteiger partial charge in [0, 0.05) is 12.5 Å². The molecule has 0 bridgehead atoms. The van der Waals surface area contributed by atoms with Crippen molar-refractivity contribution in [2.45, 2.75) is 6.42 Å². The zero-order valence-electron chi connectivity index (χ0n) is 10.6.